The van der Waals surface area contributed by atoms with Crippen molar-refractivity contribution in [3.63, 3.8) is 0 Å². The summed E-state index contributed by atoms with van der Waals surface area (Å²) in [6, 6.07) is 8.89. The van der Waals surface area contributed by atoms with Gasteiger partial charge in [0.1, 0.15) is 12.0 Å². The van der Waals surface area contributed by atoms with E-state index in [1.807, 2.05) is 22.8 Å². The van der Waals surface area contributed by atoms with E-state index in [0.717, 1.165) is 30.3 Å². The zero-order chi connectivity index (χ0) is 21.7. The van der Waals surface area contributed by atoms with Gasteiger partial charge < -0.3 is 20.6 Å². The molecule has 1 unspecified atom stereocenters. The van der Waals surface area contributed by atoms with Crippen LogP contribution in [0.4, 0.5) is 20.3 Å². The molecule has 4 heterocycles. The van der Waals surface area contributed by atoms with Crippen molar-refractivity contribution in [2.24, 2.45) is 0 Å². The van der Waals surface area contributed by atoms with Crippen molar-refractivity contribution in [1.82, 2.24) is 20.2 Å². The van der Waals surface area contributed by atoms with Crippen LogP contribution in [0.5, 0.6) is 0 Å². The van der Waals surface area contributed by atoms with Crippen LogP contribution in [-0.4, -0.2) is 53.0 Å². The van der Waals surface area contributed by atoms with Crippen molar-refractivity contribution in [2.75, 3.05) is 36.5 Å². The number of nitrogens with zero attached hydrogens (tertiary/aromatic N) is 3. The van der Waals surface area contributed by atoms with Crippen LogP contribution in [-0.2, 0) is 0 Å². The van der Waals surface area contributed by atoms with Crippen LogP contribution < -0.4 is 20.9 Å². The molecule has 2 aliphatic heterocycles. The van der Waals surface area contributed by atoms with Crippen molar-refractivity contribution < 1.29 is 13.9 Å². The highest BCUT2D eigenvalue weighted by Gasteiger charge is 2.29. The minimum absolute atomic E-state index is 0.0227. The molecule has 9 heteroatoms. The first-order valence-electron chi connectivity index (χ1n) is 10.6. The molecule has 0 bridgehead atoms. The fourth-order valence-corrected chi connectivity index (χ4v) is 4.68. The number of anilines is 2. The van der Waals surface area contributed by atoms with Gasteiger partial charge in [-0.25, -0.2) is 13.8 Å². The van der Waals surface area contributed by atoms with Gasteiger partial charge in [-0.3, -0.25) is 9.88 Å². The first kappa shape index (κ1) is 20.2. The second kappa shape index (κ2) is 7.74. The molecule has 2 aliphatic rings. The molecule has 7 nitrogen and oxygen atoms in total. The Labute approximate surface area is 179 Å². The Morgan fingerprint density at radius 3 is 2.61 bits per heavy atom. The summed E-state index contributed by atoms with van der Waals surface area (Å²) in [5, 5.41) is 20.0. The summed E-state index contributed by atoms with van der Waals surface area (Å²) in [5.74, 6) is -0.282. The Hall–Kier alpha value is -2.75. The summed E-state index contributed by atoms with van der Waals surface area (Å²) < 4.78 is 29.9. The molecule has 31 heavy (non-hydrogen) atoms. The molecule has 0 radical (unpaired) electrons. The largest absolute Gasteiger partial charge is 0.395 e. The van der Waals surface area contributed by atoms with E-state index in [2.05, 4.69) is 34.7 Å². The van der Waals surface area contributed by atoms with E-state index in [-0.39, 0.29) is 12.8 Å². The van der Waals surface area contributed by atoms with E-state index >= 15 is 0 Å². The second-order valence-electron chi connectivity index (χ2n) is 8.40. The number of piperazine rings is 1. The molecule has 0 saturated carbocycles. The first-order valence-corrected chi connectivity index (χ1v) is 10.6. The lowest BCUT2D eigenvalue weighted by atomic mass is 10.1. The molecule has 2 aromatic heterocycles. The lowest BCUT2D eigenvalue weighted by Crippen LogP contribution is -2.54. The first-order chi connectivity index (χ1) is 14.9. The molecule has 0 spiro atoms. The van der Waals surface area contributed by atoms with Crippen LogP contribution >= 0.6 is 0 Å². The van der Waals surface area contributed by atoms with Crippen LogP contribution in [0.2, 0.25) is 0 Å². The third kappa shape index (κ3) is 3.52. The van der Waals surface area contributed by atoms with Crippen molar-refractivity contribution in [3.05, 3.63) is 47.7 Å². The molecule has 1 saturated heterocycles. The minimum Gasteiger partial charge on any atom is -0.395 e. The topological polar surface area (TPSA) is 77.4 Å². The third-order valence-electron chi connectivity index (χ3n) is 5.88. The van der Waals surface area contributed by atoms with Gasteiger partial charge in [0.05, 0.1) is 23.5 Å². The number of hydrogen-bond donors (Lipinski definition) is 4. The standard InChI is InChI=1S/C22H26F2N6O/c1-12-10-29(11-13(2)26-12)20-4-3-17-22(28-20)30-18-9-16(24)15(23)7-14(18)8-19(30)21(27-17)25-5-6-31/h3-4,7-9,12-13,21,25-27,31H,5-6,10-11H2,1-2H3/t12-,13+,21?. The van der Waals surface area contributed by atoms with Gasteiger partial charge in [-0.2, -0.15) is 0 Å². The fraction of sp³-hybridized carbons (Fsp3) is 0.409. The Morgan fingerprint density at radius 1 is 1.13 bits per heavy atom. The van der Waals surface area contributed by atoms with Crippen molar-refractivity contribution >= 4 is 22.4 Å². The number of nitrogens with one attached hydrogen (secondary N) is 3. The highest BCUT2D eigenvalue weighted by molar-refractivity contribution is 5.86. The van der Waals surface area contributed by atoms with Crippen LogP contribution in [0.25, 0.3) is 16.7 Å². The van der Waals surface area contributed by atoms with Crippen LogP contribution in [0, 0.1) is 11.6 Å². The third-order valence-corrected chi connectivity index (χ3v) is 5.88. The quantitative estimate of drug-likeness (QED) is 0.512. The average molecular weight is 428 g/mol. The number of aliphatic hydroxyl groups is 1. The van der Waals surface area contributed by atoms with Gasteiger partial charge in [-0.1, -0.05) is 0 Å². The maximum Gasteiger partial charge on any atom is 0.163 e. The zero-order valence-corrected chi connectivity index (χ0v) is 17.5. The van der Waals surface area contributed by atoms with E-state index in [4.69, 9.17) is 4.98 Å². The van der Waals surface area contributed by atoms with Gasteiger partial charge in [0.25, 0.3) is 0 Å². The molecule has 0 amide bonds. The van der Waals surface area contributed by atoms with Crippen LogP contribution in [0.1, 0.15) is 25.7 Å². The predicted octanol–water partition coefficient (Wildman–Crippen LogP) is 2.50. The van der Waals surface area contributed by atoms with Crippen molar-refractivity contribution in [1.29, 1.82) is 0 Å². The monoisotopic (exact) mass is 428 g/mol. The highest BCUT2D eigenvalue weighted by atomic mass is 19.2. The molecule has 0 aliphatic carbocycles. The number of halogens is 2. The number of fused-ring (bicyclic) bond motifs is 5. The lowest BCUT2D eigenvalue weighted by Gasteiger charge is -2.37. The SMILES string of the molecule is C[C@@H]1CN(c2ccc3c(n2)-n2c(cc4cc(F)c(F)cc42)C(NCCO)N3)C[C@H](C)N1. The van der Waals surface area contributed by atoms with Crippen molar-refractivity contribution in [3.8, 4) is 5.82 Å². The molecule has 3 aromatic rings. The lowest BCUT2D eigenvalue weighted by molar-refractivity contribution is 0.286. The number of aromatic nitrogens is 2. The highest BCUT2D eigenvalue weighted by Crippen LogP contribution is 2.38. The maximum absolute atomic E-state index is 14.1. The van der Waals surface area contributed by atoms with Crippen molar-refractivity contribution in [2.45, 2.75) is 32.1 Å². The summed E-state index contributed by atoms with van der Waals surface area (Å²) in [6.45, 7) is 6.32. The van der Waals surface area contributed by atoms with Gasteiger partial charge in [0, 0.05) is 43.2 Å². The Kier molecular flexibility index (Phi) is 5.04. The van der Waals surface area contributed by atoms with E-state index in [1.54, 1.807) is 0 Å². The molecular weight excluding hydrogens is 402 g/mol. The van der Waals surface area contributed by atoms with Gasteiger partial charge >= 0.3 is 0 Å². The molecule has 1 fully saturated rings. The smallest absolute Gasteiger partial charge is 0.163 e. The van der Waals surface area contributed by atoms with E-state index in [0.29, 0.717) is 35.3 Å². The average Bonchev–Trinajstić information content (AvgIpc) is 3.10. The van der Waals surface area contributed by atoms with Crippen LogP contribution in [0.3, 0.4) is 0 Å². The predicted molar refractivity (Wildman–Crippen MR) is 117 cm³/mol. The second-order valence-corrected chi connectivity index (χ2v) is 8.40. The summed E-state index contributed by atoms with van der Waals surface area (Å²) in [6.07, 6.45) is -0.329. The summed E-state index contributed by atoms with van der Waals surface area (Å²) in [4.78, 5) is 7.19. The maximum atomic E-state index is 14.1. The van der Waals surface area contributed by atoms with E-state index in [9.17, 15) is 13.9 Å². The minimum atomic E-state index is -0.894. The molecule has 4 N–H and O–H groups in total. The normalized spacial score (nSPS) is 22.9. The van der Waals surface area contributed by atoms with E-state index < -0.39 is 11.6 Å². The summed E-state index contributed by atoms with van der Waals surface area (Å²) in [5.41, 5.74) is 2.12. The molecule has 5 rings (SSSR count). The zero-order valence-electron chi connectivity index (χ0n) is 17.5. The van der Waals surface area contributed by atoms with Gasteiger partial charge in [0.15, 0.2) is 17.5 Å². The number of rotatable bonds is 4. The van der Waals surface area contributed by atoms with Gasteiger partial charge in [0.2, 0.25) is 0 Å². The van der Waals surface area contributed by atoms with Gasteiger partial charge in [-0.05, 0) is 38.1 Å². The molecule has 164 valence electrons. The van der Waals surface area contributed by atoms with Gasteiger partial charge in [-0.15, -0.1) is 0 Å². The summed E-state index contributed by atoms with van der Waals surface area (Å²) in [7, 11) is 0. The summed E-state index contributed by atoms with van der Waals surface area (Å²) >= 11 is 0. The van der Waals surface area contributed by atoms with Crippen LogP contribution in [0.15, 0.2) is 30.3 Å². The Bertz CT molecular complexity index is 1120. The molecule has 3 atom stereocenters. The van der Waals surface area contributed by atoms with E-state index in [1.165, 1.54) is 12.1 Å². The number of hydrogen-bond acceptors (Lipinski definition) is 6. The fourth-order valence-electron chi connectivity index (χ4n) is 4.68. The Balaban J connectivity index is 1.64. The number of aliphatic hydroxyl groups excluding tert-OH is 1. The number of benzene rings is 1. The molecule has 1 aromatic carbocycles. The Morgan fingerprint density at radius 2 is 1.87 bits per heavy atom. The molecular formula is C22H26F2N6O. The number of pyridine rings is 1.